The van der Waals surface area contributed by atoms with Gasteiger partial charge >= 0.3 is 0 Å². The largest absolute Gasteiger partial charge is 0.477 e. The normalized spacial score (nSPS) is 12.4. The van der Waals surface area contributed by atoms with Crippen LogP contribution in [0.4, 0.5) is 0 Å². The van der Waals surface area contributed by atoms with Crippen LogP contribution in [0.3, 0.4) is 0 Å². The summed E-state index contributed by atoms with van der Waals surface area (Å²) in [5.41, 5.74) is 6.77. The summed E-state index contributed by atoms with van der Waals surface area (Å²) in [6.45, 7) is 4.38. The zero-order valence-corrected chi connectivity index (χ0v) is 11.1. The van der Waals surface area contributed by atoms with Crippen molar-refractivity contribution in [3.8, 4) is 5.88 Å². The standard InChI is InChI=1S/C13H22N2O3/c1-11(14)12-5-3-6-15-13(12)18-8-4-7-17-10-9-16-2/h3,5-6,11H,4,7-10,14H2,1-2H3. The molecule has 0 aliphatic carbocycles. The van der Waals surface area contributed by atoms with Gasteiger partial charge in [-0.05, 0) is 13.0 Å². The molecule has 1 unspecified atom stereocenters. The first-order valence-electron chi connectivity index (χ1n) is 6.15. The number of hydrogen-bond donors (Lipinski definition) is 1. The Morgan fingerprint density at radius 2 is 2.11 bits per heavy atom. The van der Waals surface area contributed by atoms with E-state index in [-0.39, 0.29) is 6.04 Å². The third-order valence-corrected chi connectivity index (χ3v) is 2.39. The second kappa shape index (κ2) is 8.85. The predicted molar refractivity (Wildman–Crippen MR) is 69.6 cm³/mol. The second-order valence-corrected chi connectivity index (χ2v) is 3.99. The molecule has 1 aromatic rings. The molecule has 0 saturated carbocycles. The van der Waals surface area contributed by atoms with Crippen molar-refractivity contribution in [1.29, 1.82) is 0 Å². The van der Waals surface area contributed by atoms with Crippen molar-refractivity contribution in [2.24, 2.45) is 5.73 Å². The summed E-state index contributed by atoms with van der Waals surface area (Å²) in [6.07, 6.45) is 2.52. The minimum Gasteiger partial charge on any atom is -0.477 e. The van der Waals surface area contributed by atoms with Crippen molar-refractivity contribution < 1.29 is 14.2 Å². The molecule has 0 bridgehead atoms. The van der Waals surface area contributed by atoms with Crippen LogP contribution in [0.2, 0.25) is 0 Å². The van der Waals surface area contributed by atoms with Crippen LogP contribution >= 0.6 is 0 Å². The number of rotatable bonds is 9. The van der Waals surface area contributed by atoms with Crippen molar-refractivity contribution in [2.45, 2.75) is 19.4 Å². The molecular weight excluding hydrogens is 232 g/mol. The summed E-state index contributed by atoms with van der Waals surface area (Å²) in [5.74, 6) is 0.615. The van der Waals surface area contributed by atoms with E-state index < -0.39 is 0 Å². The van der Waals surface area contributed by atoms with Crippen LogP contribution in [0.5, 0.6) is 5.88 Å². The van der Waals surface area contributed by atoms with E-state index in [4.69, 9.17) is 19.9 Å². The van der Waals surface area contributed by atoms with Gasteiger partial charge in [0.25, 0.3) is 0 Å². The monoisotopic (exact) mass is 254 g/mol. The lowest BCUT2D eigenvalue weighted by atomic mass is 10.1. The van der Waals surface area contributed by atoms with Crippen LogP contribution in [0, 0.1) is 0 Å². The molecule has 0 saturated heterocycles. The molecule has 1 atom stereocenters. The molecule has 0 amide bonds. The van der Waals surface area contributed by atoms with Crippen molar-refractivity contribution in [3.05, 3.63) is 23.9 Å². The predicted octanol–water partition coefficient (Wildman–Crippen LogP) is 1.53. The Morgan fingerprint density at radius 3 is 2.83 bits per heavy atom. The summed E-state index contributed by atoms with van der Waals surface area (Å²) in [6, 6.07) is 3.72. The van der Waals surface area contributed by atoms with E-state index >= 15 is 0 Å². The first-order chi connectivity index (χ1) is 8.75. The zero-order valence-electron chi connectivity index (χ0n) is 11.1. The van der Waals surface area contributed by atoms with E-state index in [9.17, 15) is 0 Å². The van der Waals surface area contributed by atoms with Gasteiger partial charge in [0, 0.05) is 37.9 Å². The van der Waals surface area contributed by atoms with E-state index in [0.717, 1.165) is 12.0 Å². The topological polar surface area (TPSA) is 66.6 Å². The lowest BCUT2D eigenvalue weighted by Crippen LogP contribution is -2.11. The van der Waals surface area contributed by atoms with Gasteiger partial charge in [0.1, 0.15) is 0 Å². The highest BCUT2D eigenvalue weighted by Gasteiger charge is 2.08. The highest BCUT2D eigenvalue weighted by molar-refractivity contribution is 5.27. The smallest absolute Gasteiger partial charge is 0.218 e. The molecule has 0 spiro atoms. The van der Waals surface area contributed by atoms with Crippen LogP contribution in [0.1, 0.15) is 24.9 Å². The number of methoxy groups -OCH3 is 1. The van der Waals surface area contributed by atoms with Gasteiger partial charge in [-0.15, -0.1) is 0 Å². The van der Waals surface area contributed by atoms with Crippen LogP contribution in [0.15, 0.2) is 18.3 Å². The minimum atomic E-state index is -0.0772. The molecule has 2 N–H and O–H groups in total. The summed E-state index contributed by atoms with van der Waals surface area (Å²) >= 11 is 0. The van der Waals surface area contributed by atoms with Crippen LogP contribution in [0.25, 0.3) is 0 Å². The number of pyridine rings is 1. The fourth-order valence-corrected chi connectivity index (χ4v) is 1.44. The molecule has 0 radical (unpaired) electrons. The Bertz CT molecular complexity index is 332. The molecular formula is C13H22N2O3. The summed E-state index contributed by atoms with van der Waals surface area (Å²) < 4.78 is 15.8. The van der Waals surface area contributed by atoms with Gasteiger partial charge < -0.3 is 19.9 Å². The summed E-state index contributed by atoms with van der Waals surface area (Å²) in [5, 5.41) is 0. The molecule has 102 valence electrons. The molecule has 1 rings (SSSR count). The first kappa shape index (κ1) is 14.9. The SMILES string of the molecule is COCCOCCCOc1ncccc1C(C)N. The number of hydrogen-bond acceptors (Lipinski definition) is 5. The van der Waals surface area contributed by atoms with Crippen molar-refractivity contribution in [2.75, 3.05) is 33.5 Å². The van der Waals surface area contributed by atoms with Gasteiger partial charge in [-0.25, -0.2) is 4.98 Å². The maximum atomic E-state index is 5.84. The Balaban J connectivity index is 2.23. The minimum absolute atomic E-state index is 0.0772. The molecule has 0 aliphatic heterocycles. The van der Waals surface area contributed by atoms with Crippen LogP contribution in [-0.4, -0.2) is 38.5 Å². The Labute approximate surface area is 108 Å². The second-order valence-electron chi connectivity index (χ2n) is 3.99. The molecule has 5 nitrogen and oxygen atoms in total. The molecule has 5 heteroatoms. The summed E-state index contributed by atoms with van der Waals surface area (Å²) in [7, 11) is 1.66. The first-order valence-corrected chi connectivity index (χ1v) is 6.15. The fraction of sp³-hybridized carbons (Fsp3) is 0.615. The lowest BCUT2D eigenvalue weighted by Gasteiger charge is -2.12. The average Bonchev–Trinajstić information content (AvgIpc) is 2.38. The van der Waals surface area contributed by atoms with Crippen molar-refractivity contribution in [3.63, 3.8) is 0 Å². The summed E-state index contributed by atoms with van der Waals surface area (Å²) in [4.78, 5) is 4.18. The van der Waals surface area contributed by atoms with E-state index in [1.807, 2.05) is 19.1 Å². The van der Waals surface area contributed by atoms with Gasteiger partial charge in [0.15, 0.2) is 0 Å². The molecule has 1 heterocycles. The van der Waals surface area contributed by atoms with E-state index in [0.29, 0.717) is 32.3 Å². The van der Waals surface area contributed by atoms with Gasteiger partial charge in [0.2, 0.25) is 5.88 Å². The Kier molecular flexibility index (Phi) is 7.32. The maximum absolute atomic E-state index is 5.84. The van der Waals surface area contributed by atoms with E-state index in [2.05, 4.69) is 4.98 Å². The third-order valence-electron chi connectivity index (χ3n) is 2.39. The van der Waals surface area contributed by atoms with Crippen molar-refractivity contribution in [1.82, 2.24) is 4.98 Å². The van der Waals surface area contributed by atoms with Crippen molar-refractivity contribution >= 4 is 0 Å². The quantitative estimate of drug-likeness (QED) is 0.677. The van der Waals surface area contributed by atoms with Gasteiger partial charge in [-0.3, -0.25) is 0 Å². The molecule has 0 aromatic carbocycles. The van der Waals surface area contributed by atoms with Gasteiger partial charge in [0.05, 0.1) is 19.8 Å². The molecule has 18 heavy (non-hydrogen) atoms. The highest BCUT2D eigenvalue weighted by Crippen LogP contribution is 2.20. The Hall–Kier alpha value is -1.17. The fourth-order valence-electron chi connectivity index (χ4n) is 1.44. The van der Waals surface area contributed by atoms with Crippen LogP contribution in [-0.2, 0) is 9.47 Å². The third kappa shape index (κ3) is 5.44. The Morgan fingerprint density at radius 1 is 1.28 bits per heavy atom. The van der Waals surface area contributed by atoms with Gasteiger partial charge in [-0.2, -0.15) is 0 Å². The molecule has 1 aromatic heterocycles. The number of nitrogens with zero attached hydrogens (tertiary/aromatic N) is 1. The molecule has 0 aliphatic rings. The number of ether oxygens (including phenoxy) is 3. The number of nitrogens with two attached hydrogens (primary N) is 1. The average molecular weight is 254 g/mol. The van der Waals surface area contributed by atoms with Crippen LogP contribution < -0.4 is 10.5 Å². The number of aromatic nitrogens is 1. The molecule has 0 fully saturated rings. The van der Waals surface area contributed by atoms with Gasteiger partial charge in [-0.1, -0.05) is 6.07 Å². The van der Waals surface area contributed by atoms with E-state index in [1.54, 1.807) is 13.3 Å². The lowest BCUT2D eigenvalue weighted by molar-refractivity contribution is 0.0641. The zero-order chi connectivity index (χ0) is 13.2. The maximum Gasteiger partial charge on any atom is 0.218 e. The van der Waals surface area contributed by atoms with E-state index in [1.165, 1.54) is 0 Å². The highest BCUT2D eigenvalue weighted by atomic mass is 16.5.